The highest BCUT2D eigenvalue weighted by Gasteiger charge is 2.36. The lowest BCUT2D eigenvalue weighted by Gasteiger charge is -2.26. The normalized spacial score (nSPS) is 23.4. The first kappa shape index (κ1) is 15.9. The van der Waals surface area contributed by atoms with E-state index < -0.39 is 10.0 Å². The van der Waals surface area contributed by atoms with Gasteiger partial charge in [-0.2, -0.15) is 4.31 Å². The lowest BCUT2D eigenvalue weighted by molar-refractivity contribution is 0.102. The molecule has 0 amide bonds. The van der Waals surface area contributed by atoms with Crippen molar-refractivity contribution in [3.63, 3.8) is 0 Å². The lowest BCUT2D eigenvalue weighted by atomic mass is 10.2. The summed E-state index contributed by atoms with van der Waals surface area (Å²) in [7, 11) is -1.96. The molecule has 7 heteroatoms. The molecule has 0 radical (unpaired) electrons. The second-order valence-corrected chi connectivity index (χ2v) is 7.74. The average Bonchev–Trinajstić information content (AvgIpc) is 2.84. The van der Waals surface area contributed by atoms with E-state index in [4.69, 9.17) is 10.5 Å². The van der Waals surface area contributed by atoms with Gasteiger partial charge < -0.3 is 10.5 Å². The van der Waals surface area contributed by atoms with Crippen LogP contribution in [0.1, 0.15) is 18.9 Å². The molecule has 0 bridgehead atoms. The molecule has 0 aromatic heterocycles. The second kappa shape index (κ2) is 6.11. The third-order valence-electron chi connectivity index (χ3n) is 3.69. The summed E-state index contributed by atoms with van der Waals surface area (Å²) < 4.78 is 32.9. The van der Waals surface area contributed by atoms with Gasteiger partial charge in [-0.1, -0.05) is 6.07 Å². The van der Waals surface area contributed by atoms with Gasteiger partial charge in [0.2, 0.25) is 10.0 Å². The van der Waals surface area contributed by atoms with E-state index in [9.17, 15) is 8.42 Å². The molecule has 5 nitrogen and oxygen atoms in total. The molecule has 112 valence electrons. The fourth-order valence-corrected chi connectivity index (χ4v) is 4.82. The molecule has 20 heavy (non-hydrogen) atoms. The van der Waals surface area contributed by atoms with E-state index in [1.165, 1.54) is 4.31 Å². The van der Waals surface area contributed by atoms with Gasteiger partial charge in [-0.15, -0.1) is 0 Å². The minimum atomic E-state index is -3.57. The van der Waals surface area contributed by atoms with Crippen molar-refractivity contribution in [3.8, 4) is 0 Å². The highest BCUT2D eigenvalue weighted by molar-refractivity contribution is 9.10. The van der Waals surface area contributed by atoms with Crippen LogP contribution < -0.4 is 5.73 Å². The van der Waals surface area contributed by atoms with Crippen LogP contribution in [0.5, 0.6) is 0 Å². The van der Waals surface area contributed by atoms with E-state index in [2.05, 4.69) is 15.9 Å². The number of nitrogens with zero attached hydrogens (tertiary/aromatic N) is 1. The number of ether oxygens (including phenoxy) is 1. The number of benzene rings is 1. The third-order valence-corrected chi connectivity index (χ3v) is 6.57. The molecule has 2 atom stereocenters. The van der Waals surface area contributed by atoms with Crippen molar-refractivity contribution in [3.05, 3.63) is 28.2 Å². The Morgan fingerprint density at radius 1 is 1.50 bits per heavy atom. The van der Waals surface area contributed by atoms with Crippen LogP contribution in [0.25, 0.3) is 0 Å². The molecule has 2 rings (SSSR count). The Kier molecular flexibility index (Phi) is 4.86. The van der Waals surface area contributed by atoms with Crippen molar-refractivity contribution in [2.24, 2.45) is 5.73 Å². The predicted octanol–water partition coefficient (Wildman–Crippen LogP) is 1.71. The van der Waals surface area contributed by atoms with Gasteiger partial charge in [-0.3, -0.25) is 0 Å². The molecule has 1 aromatic rings. The summed E-state index contributed by atoms with van der Waals surface area (Å²) in [4.78, 5) is 0.252. The third kappa shape index (κ3) is 2.92. The number of hydrogen-bond acceptors (Lipinski definition) is 4. The van der Waals surface area contributed by atoms with E-state index in [1.807, 2.05) is 13.0 Å². The van der Waals surface area contributed by atoms with Crippen LogP contribution in [0.3, 0.4) is 0 Å². The van der Waals surface area contributed by atoms with Crippen LogP contribution in [0.2, 0.25) is 0 Å². The summed E-state index contributed by atoms with van der Waals surface area (Å²) in [6.07, 6.45) is 0.622. The number of likely N-dealkylation sites (N-methyl/N-ethyl adjacent to an activating group) is 1. The maximum atomic E-state index is 12.8. The molecule has 1 aromatic carbocycles. The fraction of sp³-hybridized carbons (Fsp3) is 0.538. The van der Waals surface area contributed by atoms with Crippen molar-refractivity contribution in [2.75, 3.05) is 13.7 Å². The van der Waals surface area contributed by atoms with Crippen LogP contribution in [0.4, 0.5) is 0 Å². The van der Waals surface area contributed by atoms with Crippen LogP contribution in [-0.2, 0) is 21.3 Å². The van der Waals surface area contributed by atoms with Gasteiger partial charge in [-0.05, 0) is 47.0 Å². The van der Waals surface area contributed by atoms with Crippen molar-refractivity contribution >= 4 is 26.0 Å². The largest absolute Gasteiger partial charge is 0.377 e. The maximum Gasteiger partial charge on any atom is 0.244 e. The van der Waals surface area contributed by atoms with Crippen LogP contribution in [0, 0.1) is 0 Å². The summed E-state index contributed by atoms with van der Waals surface area (Å²) in [5.74, 6) is 0. The molecule has 0 saturated carbocycles. The van der Waals surface area contributed by atoms with Crippen LogP contribution in [0.15, 0.2) is 27.6 Å². The second-order valence-electron chi connectivity index (χ2n) is 4.92. The van der Waals surface area contributed by atoms with Gasteiger partial charge in [-0.25, -0.2) is 8.42 Å². The van der Waals surface area contributed by atoms with Gasteiger partial charge in [0, 0.05) is 24.7 Å². The Morgan fingerprint density at radius 3 is 2.75 bits per heavy atom. The molecule has 1 fully saturated rings. The molecule has 1 saturated heterocycles. The van der Waals surface area contributed by atoms with Crippen LogP contribution >= 0.6 is 15.9 Å². The van der Waals surface area contributed by atoms with E-state index in [0.717, 1.165) is 5.56 Å². The zero-order chi connectivity index (χ0) is 14.9. The summed E-state index contributed by atoms with van der Waals surface area (Å²) in [5.41, 5.74) is 6.38. The number of rotatable bonds is 4. The SMILES string of the molecule is CC1OCCC1N(C)S(=O)(=O)c1cc(CN)ccc1Br. The Labute approximate surface area is 128 Å². The Balaban J connectivity index is 2.39. The quantitative estimate of drug-likeness (QED) is 0.884. The first-order valence-corrected chi connectivity index (χ1v) is 8.69. The van der Waals surface area contributed by atoms with Gasteiger partial charge in [0.25, 0.3) is 0 Å². The molecule has 2 unspecified atom stereocenters. The summed E-state index contributed by atoms with van der Waals surface area (Å²) in [6, 6.07) is 5.02. The van der Waals surface area contributed by atoms with Gasteiger partial charge in [0.05, 0.1) is 17.0 Å². The zero-order valence-electron chi connectivity index (χ0n) is 11.5. The maximum absolute atomic E-state index is 12.8. The van der Waals surface area contributed by atoms with E-state index in [1.54, 1.807) is 19.2 Å². The summed E-state index contributed by atoms with van der Waals surface area (Å²) in [5, 5.41) is 0. The molecule has 1 aliphatic rings. The summed E-state index contributed by atoms with van der Waals surface area (Å²) in [6.45, 7) is 2.80. The first-order valence-electron chi connectivity index (χ1n) is 6.46. The average molecular weight is 363 g/mol. The van der Waals surface area contributed by atoms with Crippen molar-refractivity contribution in [1.29, 1.82) is 0 Å². The molecule has 0 aliphatic carbocycles. The van der Waals surface area contributed by atoms with E-state index in [-0.39, 0.29) is 17.0 Å². The molecule has 1 aliphatic heterocycles. The predicted molar refractivity (Wildman–Crippen MR) is 80.8 cm³/mol. The minimum absolute atomic E-state index is 0.0914. The van der Waals surface area contributed by atoms with Gasteiger partial charge in [0.1, 0.15) is 0 Å². The molecule has 0 spiro atoms. The van der Waals surface area contributed by atoms with Crippen molar-refractivity contribution < 1.29 is 13.2 Å². The number of sulfonamides is 1. The summed E-state index contributed by atoms with van der Waals surface area (Å²) >= 11 is 3.31. The lowest BCUT2D eigenvalue weighted by Crippen LogP contribution is -2.41. The fourth-order valence-electron chi connectivity index (χ4n) is 2.40. The van der Waals surface area contributed by atoms with Crippen molar-refractivity contribution in [1.82, 2.24) is 4.31 Å². The topological polar surface area (TPSA) is 72.6 Å². The highest BCUT2D eigenvalue weighted by Crippen LogP contribution is 2.29. The molecule has 2 N–H and O–H groups in total. The van der Waals surface area contributed by atoms with E-state index in [0.29, 0.717) is 24.0 Å². The smallest absolute Gasteiger partial charge is 0.244 e. The van der Waals surface area contributed by atoms with Gasteiger partial charge in [0.15, 0.2) is 0 Å². The van der Waals surface area contributed by atoms with Gasteiger partial charge >= 0.3 is 0 Å². The minimum Gasteiger partial charge on any atom is -0.377 e. The molecule has 1 heterocycles. The molecular weight excluding hydrogens is 344 g/mol. The number of halogens is 1. The zero-order valence-corrected chi connectivity index (χ0v) is 13.9. The van der Waals surface area contributed by atoms with Crippen molar-refractivity contribution in [2.45, 2.75) is 36.9 Å². The Hall–Kier alpha value is -0.470. The first-order chi connectivity index (χ1) is 9.37. The Morgan fingerprint density at radius 2 is 2.20 bits per heavy atom. The van der Waals surface area contributed by atoms with Crippen LogP contribution in [-0.4, -0.2) is 38.5 Å². The number of nitrogens with two attached hydrogens (primary N) is 1. The monoisotopic (exact) mass is 362 g/mol. The highest BCUT2D eigenvalue weighted by atomic mass is 79.9. The molecular formula is C13H19BrN2O3S. The van der Waals surface area contributed by atoms with E-state index >= 15 is 0 Å². The standard InChI is InChI=1S/C13H19BrN2O3S/c1-9-12(5-6-19-9)16(2)20(17,18)13-7-10(8-15)3-4-11(13)14/h3-4,7,9,12H,5-6,8,15H2,1-2H3. The Bertz CT molecular complexity index is 591. The number of hydrogen-bond donors (Lipinski definition) is 1.